The Bertz CT molecular complexity index is 917. The minimum absolute atomic E-state index is 0.129. The van der Waals surface area contributed by atoms with Crippen molar-refractivity contribution in [2.75, 3.05) is 13.1 Å². The van der Waals surface area contributed by atoms with Crippen LogP contribution in [0.1, 0.15) is 30.3 Å². The molecular formula is C20H22N4O3. The number of carbonyl (C=O) groups excluding carboxylic acids is 1. The normalized spacial score (nSPS) is 15.2. The summed E-state index contributed by atoms with van der Waals surface area (Å²) in [7, 11) is 0. The molecule has 27 heavy (non-hydrogen) atoms. The Morgan fingerprint density at radius 1 is 1.15 bits per heavy atom. The average molecular weight is 366 g/mol. The SMILES string of the molecule is O=C(OCc1ccccc1)N1CCC(n2c(CO)nc3cccnc32)CC1. The number of piperidine rings is 1. The van der Waals surface area contributed by atoms with E-state index in [1.54, 1.807) is 11.1 Å². The van der Waals surface area contributed by atoms with Gasteiger partial charge in [-0.1, -0.05) is 30.3 Å². The van der Waals surface area contributed by atoms with Gasteiger partial charge in [0.2, 0.25) is 0 Å². The van der Waals surface area contributed by atoms with E-state index < -0.39 is 0 Å². The lowest BCUT2D eigenvalue weighted by molar-refractivity contribution is 0.0828. The molecule has 7 nitrogen and oxygen atoms in total. The summed E-state index contributed by atoms with van der Waals surface area (Å²) < 4.78 is 7.44. The summed E-state index contributed by atoms with van der Waals surface area (Å²) in [6, 6.07) is 13.6. The van der Waals surface area contributed by atoms with Crippen LogP contribution in [0.3, 0.4) is 0 Å². The van der Waals surface area contributed by atoms with Crippen LogP contribution in [0, 0.1) is 0 Å². The molecule has 0 saturated carbocycles. The first kappa shape index (κ1) is 17.5. The number of aliphatic hydroxyl groups is 1. The van der Waals surface area contributed by atoms with Crippen molar-refractivity contribution in [3.63, 3.8) is 0 Å². The number of pyridine rings is 1. The average Bonchev–Trinajstić information content (AvgIpc) is 3.11. The van der Waals surface area contributed by atoms with Gasteiger partial charge in [0.15, 0.2) is 5.65 Å². The number of benzene rings is 1. The van der Waals surface area contributed by atoms with Crippen LogP contribution in [0.5, 0.6) is 0 Å². The molecule has 1 amide bonds. The second-order valence-electron chi connectivity index (χ2n) is 6.66. The maximum atomic E-state index is 12.3. The van der Waals surface area contributed by atoms with Crippen molar-refractivity contribution < 1.29 is 14.6 Å². The zero-order chi connectivity index (χ0) is 18.6. The van der Waals surface area contributed by atoms with E-state index in [9.17, 15) is 9.90 Å². The van der Waals surface area contributed by atoms with Crippen LogP contribution in [-0.4, -0.2) is 43.7 Å². The van der Waals surface area contributed by atoms with Gasteiger partial charge in [0.25, 0.3) is 0 Å². The highest BCUT2D eigenvalue weighted by Crippen LogP contribution is 2.28. The third-order valence-electron chi connectivity index (χ3n) is 4.96. The van der Waals surface area contributed by atoms with E-state index in [1.807, 2.05) is 47.0 Å². The molecule has 0 bridgehead atoms. The molecule has 3 heterocycles. The predicted molar refractivity (Wildman–Crippen MR) is 99.9 cm³/mol. The Morgan fingerprint density at radius 2 is 1.93 bits per heavy atom. The highest BCUT2D eigenvalue weighted by atomic mass is 16.6. The van der Waals surface area contributed by atoms with Crippen LogP contribution in [-0.2, 0) is 18.0 Å². The lowest BCUT2D eigenvalue weighted by atomic mass is 10.0. The number of hydrogen-bond donors (Lipinski definition) is 1. The number of imidazole rings is 1. The van der Waals surface area contributed by atoms with Crippen LogP contribution < -0.4 is 0 Å². The molecule has 0 atom stereocenters. The molecule has 0 radical (unpaired) electrons. The van der Waals surface area contributed by atoms with Crippen molar-refractivity contribution >= 4 is 17.3 Å². The van der Waals surface area contributed by atoms with Gasteiger partial charge in [0, 0.05) is 25.3 Å². The molecule has 0 unspecified atom stereocenters. The van der Waals surface area contributed by atoms with E-state index in [0.717, 1.165) is 29.6 Å². The molecule has 0 spiro atoms. The molecule has 140 valence electrons. The molecule has 0 aliphatic carbocycles. The zero-order valence-electron chi connectivity index (χ0n) is 15.0. The van der Waals surface area contributed by atoms with E-state index in [2.05, 4.69) is 9.97 Å². The van der Waals surface area contributed by atoms with E-state index in [-0.39, 0.29) is 25.3 Å². The van der Waals surface area contributed by atoms with Gasteiger partial charge in [-0.25, -0.2) is 14.8 Å². The standard InChI is InChI=1S/C20H22N4O3/c25-13-18-22-17-7-4-10-21-19(17)24(18)16-8-11-23(12-9-16)20(26)27-14-15-5-2-1-3-6-15/h1-7,10,16,25H,8-9,11-14H2. The molecule has 1 aliphatic rings. The molecule has 4 rings (SSSR count). The molecule has 7 heteroatoms. The number of aromatic nitrogens is 3. The van der Waals surface area contributed by atoms with Gasteiger partial charge in [-0.3, -0.25) is 0 Å². The van der Waals surface area contributed by atoms with E-state index in [0.29, 0.717) is 18.9 Å². The first-order valence-corrected chi connectivity index (χ1v) is 9.14. The Balaban J connectivity index is 1.40. The van der Waals surface area contributed by atoms with Gasteiger partial charge in [0.05, 0.1) is 0 Å². The van der Waals surface area contributed by atoms with Gasteiger partial charge >= 0.3 is 6.09 Å². The number of hydrogen-bond acceptors (Lipinski definition) is 5. The van der Waals surface area contributed by atoms with Crippen molar-refractivity contribution in [1.82, 2.24) is 19.4 Å². The Morgan fingerprint density at radius 3 is 2.67 bits per heavy atom. The Hall–Kier alpha value is -2.93. The number of nitrogens with zero attached hydrogens (tertiary/aromatic N) is 4. The number of amides is 1. The van der Waals surface area contributed by atoms with E-state index in [1.165, 1.54) is 0 Å². The zero-order valence-corrected chi connectivity index (χ0v) is 15.0. The van der Waals surface area contributed by atoms with E-state index >= 15 is 0 Å². The quantitative estimate of drug-likeness (QED) is 0.768. The van der Waals surface area contributed by atoms with E-state index in [4.69, 9.17) is 4.74 Å². The van der Waals surface area contributed by atoms with Gasteiger partial charge in [-0.05, 0) is 30.5 Å². The second kappa shape index (κ2) is 7.75. The maximum Gasteiger partial charge on any atom is 0.410 e. The van der Waals surface area contributed by atoms with Gasteiger partial charge < -0.3 is 19.3 Å². The van der Waals surface area contributed by atoms with Crippen LogP contribution in [0.2, 0.25) is 0 Å². The summed E-state index contributed by atoms with van der Waals surface area (Å²) in [5, 5.41) is 9.67. The lowest BCUT2D eigenvalue weighted by Crippen LogP contribution is -2.39. The molecule has 3 aromatic rings. The molecular weight excluding hydrogens is 344 g/mol. The van der Waals surface area contributed by atoms with Crippen molar-refractivity contribution in [3.05, 3.63) is 60.0 Å². The second-order valence-corrected chi connectivity index (χ2v) is 6.66. The number of likely N-dealkylation sites (tertiary alicyclic amines) is 1. The van der Waals surface area contributed by atoms with Crippen molar-refractivity contribution in [2.45, 2.75) is 32.1 Å². The Labute approximate surface area is 157 Å². The number of fused-ring (bicyclic) bond motifs is 1. The summed E-state index contributed by atoms with van der Waals surface area (Å²) in [5.41, 5.74) is 2.54. The molecule has 1 fully saturated rings. The van der Waals surface area contributed by atoms with Crippen LogP contribution >= 0.6 is 0 Å². The van der Waals surface area contributed by atoms with Crippen molar-refractivity contribution in [2.24, 2.45) is 0 Å². The largest absolute Gasteiger partial charge is 0.445 e. The van der Waals surface area contributed by atoms with Crippen LogP contribution in [0.4, 0.5) is 4.79 Å². The maximum absolute atomic E-state index is 12.3. The lowest BCUT2D eigenvalue weighted by Gasteiger charge is -2.32. The number of carbonyl (C=O) groups is 1. The highest BCUT2D eigenvalue weighted by Gasteiger charge is 2.27. The fourth-order valence-corrected chi connectivity index (χ4v) is 3.59. The summed E-state index contributed by atoms with van der Waals surface area (Å²) >= 11 is 0. The summed E-state index contributed by atoms with van der Waals surface area (Å²) in [6.45, 7) is 1.37. The van der Waals surface area contributed by atoms with Gasteiger partial charge in [-0.2, -0.15) is 0 Å². The summed E-state index contributed by atoms with van der Waals surface area (Å²) in [6.07, 6.45) is 3.00. The summed E-state index contributed by atoms with van der Waals surface area (Å²) in [4.78, 5) is 23.0. The third kappa shape index (κ3) is 3.64. The first-order valence-electron chi connectivity index (χ1n) is 9.14. The first-order chi connectivity index (χ1) is 13.3. The highest BCUT2D eigenvalue weighted by molar-refractivity contribution is 5.71. The Kier molecular flexibility index (Phi) is 5.02. The molecule has 1 saturated heterocycles. The third-order valence-corrected chi connectivity index (χ3v) is 4.96. The van der Waals surface area contributed by atoms with Crippen LogP contribution in [0.15, 0.2) is 48.7 Å². The van der Waals surface area contributed by atoms with Crippen LogP contribution in [0.25, 0.3) is 11.2 Å². The van der Waals surface area contributed by atoms with Gasteiger partial charge in [0.1, 0.15) is 24.6 Å². The van der Waals surface area contributed by atoms with Crippen molar-refractivity contribution in [1.29, 1.82) is 0 Å². The fourth-order valence-electron chi connectivity index (χ4n) is 3.59. The topological polar surface area (TPSA) is 80.5 Å². The number of aliphatic hydroxyl groups excluding tert-OH is 1. The number of ether oxygens (including phenoxy) is 1. The minimum Gasteiger partial charge on any atom is -0.445 e. The monoisotopic (exact) mass is 366 g/mol. The molecule has 1 aromatic carbocycles. The fraction of sp³-hybridized carbons (Fsp3) is 0.350. The predicted octanol–water partition coefficient (Wildman–Crippen LogP) is 2.90. The molecule has 1 N–H and O–H groups in total. The summed E-state index contributed by atoms with van der Waals surface area (Å²) in [5.74, 6) is 0.619. The molecule has 2 aromatic heterocycles. The minimum atomic E-state index is -0.284. The van der Waals surface area contributed by atoms with Crippen molar-refractivity contribution in [3.8, 4) is 0 Å². The van der Waals surface area contributed by atoms with Gasteiger partial charge in [-0.15, -0.1) is 0 Å². The molecule has 1 aliphatic heterocycles. The smallest absolute Gasteiger partial charge is 0.410 e. The number of rotatable bonds is 4.